The summed E-state index contributed by atoms with van der Waals surface area (Å²) in [5, 5.41) is 13.9. The summed E-state index contributed by atoms with van der Waals surface area (Å²) in [6.07, 6.45) is 4.22. The number of fused-ring (bicyclic) bond motifs is 1. The fourth-order valence-corrected chi connectivity index (χ4v) is 4.61. The number of halogens is 2. The van der Waals surface area contributed by atoms with Gasteiger partial charge >= 0.3 is 0 Å². The van der Waals surface area contributed by atoms with Crippen LogP contribution >= 0.6 is 0 Å². The molecule has 4 aromatic rings. The summed E-state index contributed by atoms with van der Waals surface area (Å²) in [5.74, 6) is -1.22. The fourth-order valence-electron chi connectivity index (χ4n) is 4.61. The first kappa shape index (κ1) is 22.2. The molecule has 0 unspecified atom stereocenters. The van der Waals surface area contributed by atoms with Gasteiger partial charge in [0, 0.05) is 43.2 Å². The van der Waals surface area contributed by atoms with E-state index >= 15 is 0 Å². The fraction of sp³-hybridized carbons (Fsp3) is 0.231. The molecule has 1 saturated heterocycles. The molecule has 0 radical (unpaired) electrons. The van der Waals surface area contributed by atoms with Crippen LogP contribution in [-0.4, -0.2) is 40.8 Å². The molecule has 6 nitrogen and oxygen atoms in total. The number of nitrogens with two attached hydrogens (primary N) is 1. The zero-order valence-electron chi connectivity index (χ0n) is 18.5. The van der Waals surface area contributed by atoms with Crippen molar-refractivity contribution in [3.8, 4) is 11.3 Å². The van der Waals surface area contributed by atoms with Gasteiger partial charge in [-0.15, -0.1) is 0 Å². The van der Waals surface area contributed by atoms with Gasteiger partial charge in [-0.05, 0) is 36.8 Å². The number of benzene rings is 2. The molecular formula is C26H25F2N5O. The predicted octanol–water partition coefficient (Wildman–Crippen LogP) is 4.46. The van der Waals surface area contributed by atoms with Gasteiger partial charge in [-0.2, -0.15) is 0 Å². The first-order chi connectivity index (χ1) is 16.5. The second-order valence-corrected chi connectivity index (χ2v) is 8.64. The van der Waals surface area contributed by atoms with E-state index in [1.54, 1.807) is 24.5 Å². The minimum Gasteiger partial charge on any atom is -0.396 e. The van der Waals surface area contributed by atoms with Crippen molar-refractivity contribution in [3.63, 3.8) is 0 Å². The Labute approximate surface area is 196 Å². The van der Waals surface area contributed by atoms with Gasteiger partial charge in [-0.1, -0.05) is 24.3 Å². The maximum atomic E-state index is 14.4. The molecule has 3 heterocycles. The number of aromatic nitrogens is 2. The van der Waals surface area contributed by atoms with E-state index in [4.69, 9.17) is 5.73 Å². The Morgan fingerprint density at radius 1 is 1.00 bits per heavy atom. The third-order valence-electron chi connectivity index (χ3n) is 6.17. The summed E-state index contributed by atoms with van der Waals surface area (Å²) in [7, 11) is 0. The Morgan fingerprint density at radius 2 is 1.79 bits per heavy atom. The van der Waals surface area contributed by atoms with Crippen LogP contribution in [0.1, 0.15) is 6.42 Å². The lowest BCUT2D eigenvalue weighted by Gasteiger charge is -2.38. The second kappa shape index (κ2) is 9.32. The van der Waals surface area contributed by atoms with Crippen molar-refractivity contribution in [1.82, 2.24) is 9.97 Å². The van der Waals surface area contributed by atoms with Gasteiger partial charge in [0.15, 0.2) is 0 Å². The highest BCUT2D eigenvalue weighted by molar-refractivity contribution is 5.94. The number of para-hydroxylation sites is 1. The maximum absolute atomic E-state index is 14.4. The van der Waals surface area contributed by atoms with Gasteiger partial charge in [0.2, 0.25) is 0 Å². The highest BCUT2D eigenvalue weighted by Gasteiger charge is 2.26. The monoisotopic (exact) mass is 461 g/mol. The number of nitrogens with zero attached hydrogens (tertiary/aromatic N) is 3. The van der Waals surface area contributed by atoms with Gasteiger partial charge in [0.05, 0.1) is 40.0 Å². The van der Waals surface area contributed by atoms with Crippen LogP contribution in [0.15, 0.2) is 67.0 Å². The maximum Gasteiger partial charge on any atom is 0.135 e. The highest BCUT2D eigenvalue weighted by Crippen LogP contribution is 2.34. The molecule has 174 valence electrons. The van der Waals surface area contributed by atoms with Crippen molar-refractivity contribution in [3.05, 3.63) is 78.6 Å². The largest absolute Gasteiger partial charge is 0.396 e. The van der Waals surface area contributed by atoms with E-state index in [1.807, 2.05) is 24.3 Å². The number of piperidine rings is 1. The number of rotatable bonds is 5. The van der Waals surface area contributed by atoms with Crippen molar-refractivity contribution in [1.29, 1.82) is 0 Å². The quantitative estimate of drug-likeness (QED) is 0.407. The van der Waals surface area contributed by atoms with Gasteiger partial charge in [0.1, 0.15) is 11.6 Å². The molecule has 5 rings (SSSR count). The lowest BCUT2D eigenvalue weighted by molar-refractivity contribution is 0.201. The van der Waals surface area contributed by atoms with E-state index in [0.29, 0.717) is 24.3 Å². The molecule has 1 aliphatic heterocycles. The minimum atomic E-state index is -0.660. The molecule has 4 N–H and O–H groups in total. The van der Waals surface area contributed by atoms with Crippen LogP contribution in [-0.2, 0) is 0 Å². The third kappa shape index (κ3) is 4.30. The number of anilines is 3. The Kier molecular flexibility index (Phi) is 6.08. The van der Waals surface area contributed by atoms with Crippen molar-refractivity contribution in [2.45, 2.75) is 12.5 Å². The van der Waals surface area contributed by atoms with E-state index in [0.717, 1.165) is 23.2 Å². The van der Waals surface area contributed by atoms with Crippen LogP contribution in [0.4, 0.5) is 25.8 Å². The zero-order chi connectivity index (χ0) is 23.7. The molecule has 0 aliphatic carbocycles. The standard InChI is InChI=1S/C26H25F2N5O/c27-19-4-2-5-20(28)25(19)21-8-7-17-3-1-6-22(26(17)32-21)31-23-12-30-10-9-24(23)33-13-16(15-34)11-18(29)14-33/h1-10,12,16,18,31,34H,11,13-15,29H2/t16-,18+/m1/s1. The van der Waals surface area contributed by atoms with Gasteiger partial charge < -0.3 is 21.1 Å². The Bertz CT molecular complexity index is 1310. The normalized spacial score (nSPS) is 18.3. The average molecular weight is 462 g/mol. The summed E-state index contributed by atoms with van der Waals surface area (Å²) in [6, 6.07) is 14.7. The van der Waals surface area contributed by atoms with Crippen LogP contribution < -0.4 is 16.0 Å². The van der Waals surface area contributed by atoms with Crippen LogP contribution in [0.3, 0.4) is 0 Å². The molecule has 0 amide bonds. The SMILES string of the molecule is N[C@H]1C[C@@H](CO)CN(c2ccncc2Nc2cccc3ccc(-c4c(F)cccc4F)nc23)C1. The van der Waals surface area contributed by atoms with Crippen LogP contribution in [0.2, 0.25) is 0 Å². The number of nitrogens with one attached hydrogen (secondary N) is 1. The Balaban J connectivity index is 1.54. The average Bonchev–Trinajstić information content (AvgIpc) is 2.84. The van der Waals surface area contributed by atoms with Crippen LogP contribution in [0.25, 0.3) is 22.2 Å². The highest BCUT2D eigenvalue weighted by atomic mass is 19.1. The molecule has 1 aliphatic rings. The molecule has 0 saturated carbocycles. The van der Waals surface area contributed by atoms with E-state index in [1.165, 1.54) is 18.2 Å². The molecule has 2 atom stereocenters. The first-order valence-corrected chi connectivity index (χ1v) is 11.2. The number of hydrogen-bond donors (Lipinski definition) is 3. The van der Waals surface area contributed by atoms with Crippen LogP contribution in [0.5, 0.6) is 0 Å². The number of hydrogen-bond acceptors (Lipinski definition) is 6. The van der Waals surface area contributed by atoms with Crippen molar-refractivity contribution in [2.24, 2.45) is 11.7 Å². The van der Waals surface area contributed by atoms with Crippen LogP contribution in [0, 0.1) is 17.6 Å². The molecule has 2 aromatic heterocycles. The summed E-state index contributed by atoms with van der Waals surface area (Å²) < 4.78 is 28.8. The first-order valence-electron chi connectivity index (χ1n) is 11.2. The molecule has 0 spiro atoms. The topological polar surface area (TPSA) is 87.3 Å². The summed E-state index contributed by atoms with van der Waals surface area (Å²) in [4.78, 5) is 11.0. The molecular weight excluding hydrogens is 436 g/mol. The van der Waals surface area contributed by atoms with E-state index in [9.17, 15) is 13.9 Å². The lowest BCUT2D eigenvalue weighted by Crippen LogP contribution is -2.48. The summed E-state index contributed by atoms with van der Waals surface area (Å²) in [6.45, 7) is 1.44. The minimum absolute atomic E-state index is 0.0376. The van der Waals surface area contributed by atoms with Gasteiger partial charge in [0.25, 0.3) is 0 Å². The van der Waals surface area contributed by atoms with E-state index in [-0.39, 0.29) is 29.8 Å². The number of pyridine rings is 2. The van der Waals surface area contributed by atoms with E-state index < -0.39 is 11.6 Å². The number of aliphatic hydroxyl groups excluding tert-OH is 1. The Hall–Kier alpha value is -3.62. The van der Waals surface area contributed by atoms with Crippen molar-refractivity contribution >= 4 is 28.0 Å². The Morgan fingerprint density at radius 3 is 2.59 bits per heavy atom. The zero-order valence-corrected chi connectivity index (χ0v) is 18.5. The van der Waals surface area contributed by atoms with E-state index in [2.05, 4.69) is 20.2 Å². The summed E-state index contributed by atoms with van der Waals surface area (Å²) >= 11 is 0. The second-order valence-electron chi connectivity index (χ2n) is 8.64. The molecule has 2 aromatic carbocycles. The molecule has 8 heteroatoms. The van der Waals surface area contributed by atoms with Gasteiger partial charge in [-0.3, -0.25) is 4.98 Å². The van der Waals surface area contributed by atoms with Crippen molar-refractivity contribution < 1.29 is 13.9 Å². The third-order valence-corrected chi connectivity index (χ3v) is 6.17. The summed E-state index contributed by atoms with van der Waals surface area (Å²) in [5.41, 5.74) is 9.25. The molecule has 0 bridgehead atoms. The van der Waals surface area contributed by atoms with Gasteiger partial charge in [-0.25, -0.2) is 13.8 Å². The smallest absolute Gasteiger partial charge is 0.135 e. The van der Waals surface area contributed by atoms with Crippen molar-refractivity contribution in [2.75, 3.05) is 29.9 Å². The predicted molar refractivity (Wildman–Crippen MR) is 130 cm³/mol. The number of aliphatic hydroxyl groups is 1. The molecule has 1 fully saturated rings. The lowest BCUT2D eigenvalue weighted by atomic mass is 9.95. The molecule has 34 heavy (non-hydrogen) atoms.